The number of nitrogens with one attached hydrogen (secondary N) is 1. The van der Waals surface area contributed by atoms with E-state index in [0.29, 0.717) is 0 Å². The van der Waals surface area contributed by atoms with Crippen molar-refractivity contribution in [2.45, 2.75) is 19.9 Å². The van der Waals surface area contributed by atoms with Crippen LogP contribution in [0.4, 0.5) is 4.39 Å². The van der Waals surface area contributed by atoms with E-state index in [1.54, 1.807) is 13.8 Å². The molecule has 0 radical (unpaired) electrons. The molecule has 0 aliphatic carbocycles. The van der Waals surface area contributed by atoms with Gasteiger partial charge in [-0.15, -0.1) is 0 Å². The largest absolute Gasteiger partial charge is 0.396 e. The van der Waals surface area contributed by atoms with Gasteiger partial charge in [-0.1, -0.05) is 30.1 Å². The van der Waals surface area contributed by atoms with Crippen LogP contribution in [0.1, 0.15) is 24.2 Å². The second kappa shape index (κ2) is 6.36. The van der Waals surface area contributed by atoms with Crippen LogP contribution in [0.5, 0.6) is 0 Å². The summed E-state index contributed by atoms with van der Waals surface area (Å²) in [6, 6.07) is 1.93. The first-order chi connectivity index (χ1) is 8.36. The molecule has 2 unspecified atom stereocenters. The number of amides is 1. The van der Waals surface area contributed by atoms with Crippen molar-refractivity contribution in [3.05, 3.63) is 33.6 Å². The summed E-state index contributed by atoms with van der Waals surface area (Å²) in [5.74, 6) is -1.30. The Labute approximate surface area is 115 Å². The van der Waals surface area contributed by atoms with E-state index in [0.717, 1.165) is 6.07 Å². The molecular weight excluding hydrogens is 280 g/mol. The van der Waals surface area contributed by atoms with Gasteiger partial charge in [-0.05, 0) is 25.0 Å². The fourth-order valence-electron chi connectivity index (χ4n) is 1.28. The van der Waals surface area contributed by atoms with Crippen LogP contribution in [-0.4, -0.2) is 23.7 Å². The number of carbonyl (C=O) groups excluding carboxylic acids is 1. The molecule has 0 aromatic heterocycles. The smallest absolute Gasteiger partial charge is 0.253 e. The first-order valence-electron chi connectivity index (χ1n) is 5.43. The zero-order valence-electron chi connectivity index (χ0n) is 10.0. The van der Waals surface area contributed by atoms with E-state index >= 15 is 0 Å². The number of rotatable bonds is 4. The Bertz CT molecular complexity index is 454. The van der Waals surface area contributed by atoms with Gasteiger partial charge in [0, 0.05) is 12.6 Å². The molecule has 1 aromatic carbocycles. The van der Waals surface area contributed by atoms with E-state index in [4.69, 9.17) is 28.3 Å². The molecule has 0 spiro atoms. The van der Waals surface area contributed by atoms with E-state index < -0.39 is 11.7 Å². The standard InChI is InChI=1S/C12H14Cl2FNO2/c1-6(5-17)7(2)16-12(18)8-3-11(15)10(14)4-9(8)13/h3-4,6-7,17H,5H2,1-2H3,(H,16,18). The zero-order valence-corrected chi connectivity index (χ0v) is 11.5. The second-order valence-electron chi connectivity index (χ2n) is 4.17. The fourth-order valence-corrected chi connectivity index (χ4v) is 1.75. The lowest BCUT2D eigenvalue weighted by Gasteiger charge is -2.19. The average Bonchev–Trinajstić information content (AvgIpc) is 2.32. The van der Waals surface area contributed by atoms with Gasteiger partial charge in [0.05, 0.1) is 15.6 Å². The molecule has 2 N–H and O–H groups in total. The molecule has 0 heterocycles. The third-order valence-corrected chi connectivity index (χ3v) is 3.36. The Morgan fingerprint density at radius 3 is 2.56 bits per heavy atom. The SMILES string of the molecule is CC(CO)C(C)NC(=O)c1cc(F)c(Cl)cc1Cl. The highest BCUT2D eigenvalue weighted by Gasteiger charge is 2.18. The molecule has 0 aliphatic heterocycles. The summed E-state index contributed by atoms with van der Waals surface area (Å²) in [4.78, 5) is 11.9. The first kappa shape index (κ1) is 15.2. The highest BCUT2D eigenvalue weighted by Crippen LogP contribution is 2.24. The first-order valence-corrected chi connectivity index (χ1v) is 6.18. The van der Waals surface area contributed by atoms with Crippen molar-refractivity contribution in [3.63, 3.8) is 0 Å². The summed E-state index contributed by atoms with van der Waals surface area (Å²) in [5, 5.41) is 11.6. The molecule has 6 heteroatoms. The van der Waals surface area contributed by atoms with Crippen LogP contribution >= 0.6 is 23.2 Å². The molecule has 1 rings (SSSR count). The number of aliphatic hydroxyl groups is 1. The minimum atomic E-state index is -0.700. The quantitative estimate of drug-likeness (QED) is 0.839. The highest BCUT2D eigenvalue weighted by atomic mass is 35.5. The summed E-state index contributed by atoms with van der Waals surface area (Å²) >= 11 is 11.4. The molecule has 18 heavy (non-hydrogen) atoms. The Balaban J connectivity index is 2.88. The maximum Gasteiger partial charge on any atom is 0.253 e. The van der Waals surface area contributed by atoms with Gasteiger partial charge in [0.25, 0.3) is 5.91 Å². The van der Waals surface area contributed by atoms with Gasteiger partial charge in [-0.2, -0.15) is 0 Å². The third-order valence-electron chi connectivity index (χ3n) is 2.75. The molecule has 0 saturated carbocycles. The van der Waals surface area contributed by atoms with E-state index in [-0.39, 0.29) is 34.2 Å². The molecule has 0 bridgehead atoms. The lowest BCUT2D eigenvalue weighted by atomic mass is 10.0. The highest BCUT2D eigenvalue weighted by molar-refractivity contribution is 6.36. The fraction of sp³-hybridized carbons (Fsp3) is 0.417. The van der Waals surface area contributed by atoms with Crippen molar-refractivity contribution >= 4 is 29.1 Å². The monoisotopic (exact) mass is 293 g/mol. The van der Waals surface area contributed by atoms with Crippen molar-refractivity contribution in [2.24, 2.45) is 5.92 Å². The Hall–Kier alpha value is -0.840. The maximum atomic E-state index is 13.3. The zero-order chi connectivity index (χ0) is 13.9. The van der Waals surface area contributed by atoms with Gasteiger partial charge in [0.2, 0.25) is 0 Å². The molecule has 0 aliphatic rings. The topological polar surface area (TPSA) is 49.3 Å². The van der Waals surface area contributed by atoms with Crippen LogP contribution in [0.3, 0.4) is 0 Å². The molecule has 3 nitrogen and oxygen atoms in total. The van der Waals surface area contributed by atoms with E-state index in [1.165, 1.54) is 6.07 Å². The average molecular weight is 294 g/mol. The van der Waals surface area contributed by atoms with Gasteiger partial charge in [0.15, 0.2) is 0 Å². The van der Waals surface area contributed by atoms with Crippen LogP contribution in [0.2, 0.25) is 10.0 Å². The predicted octanol–water partition coefficient (Wildman–Crippen LogP) is 2.88. The van der Waals surface area contributed by atoms with Crippen LogP contribution in [0, 0.1) is 11.7 Å². The maximum absolute atomic E-state index is 13.3. The number of hydrogen-bond acceptors (Lipinski definition) is 2. The lowest BCUT2D eigenvalue weighted by molar-refractivity contribution is 0.0916. The van der Waals surface area contributed by atoms with Crippen molar-refractivity contribution in [1.29, 1.82) is 0 Å². The van der Waals surface area contributed by atoms with Gasteiger partial charge >= 0.3 is 0 Å². The van der Waals surface area contributed by atoms with Crippen molar-refractivity contribution in [2.75, 3.05) is 6.61 Å². The minimum Gasteiger partial charge on any atom is -0.396 e. The molecular formula is C12H14Cl2FNO2. The molecule has 1 aromatic rings. The molecule has 100 valence electrons. The van der Waals surface area contributed by atoms with E-state index in [2.05, 4.69) is 5.32 Å². The predicted molar refractivity (Wildman–Crippen MR) is 69.6 cm³/mol. The van der Waals surface area contributed by atoms with Gasteiger partial charge in [0.1, 0.15) is 5.82 Å². The van der Waals surface area contributed by atoms with Crippen LogP contribution in [-0.2, 0) is 0 Å². The van der Waals surface area contributed by atoms with Gasteiger partial charge < -0.3 is 10.4 Å². The number of benzene rings is 1. The normalized spacial score (nSPS) is 14.1. The van der Waals surface area contributed by atoms with E-state index in [1.807, 2.05) is 0 Å². The second-order valence-corrected chi connectivity index (χ2v) is 4.98. The minimum absolute atomic E-state index is 0.0237. The van der Waals surface area contributed by atoms with E-state index in [9.17, 15) is 9.18 Å². The number of halogens is 3. The van der Waals surface area contributed by atoms with Gasteiger partial charge in [-0.25, -0.2) is 4.39 Å². The molecule has 1 amide bonds. The third kappa shape index (κ3) is 3.57. The van der Waals surface area contributed by atoms with Crippen molar-refractivity contribution < 1.29 is 14.3 Å². The number of aliphatic hydroxyl groups excluding tert-OH is 1. The van der Waals surface area contributed by atoms with Crippen LogP contribution in [0.15, 0.2) is 12.1 Å². The lowest BCUT2D eigenvalue weighted by Crippen LogP contribution is -2.38. The molecule has 0 saturated heterocycles. The molecule has 0 fully saturated rings. The van der Waals surface area contributed by atoms with Crippen molar-refractivity contribution in [3.8, 4) is 0 Å². The summed E-state index contributed by atoms with van der Waals surface area (Å²) in [7, 11) is 0. The molecule has 2 atom stereocenters. The van der Waals surface area contributed by atoms with Crippen LogP contribution in [0.25, 0.3) is 0 Å². The number of carbonyl (C=O) groups is 1. The summed E-state index contributed by atoms with van der Waals surface area (Å²) in [6.07, 6.45) is 0. The Morgan fingerprint density at radius 1 is 1.39 bits per heavy atom. The van der Waals surface area contributed by atoms with Crippen molar-refractivity contribution in [1.82, 2.24) is 5.32 Å². The van der Waals surface area contributed by atoms with Gasteiger partial charge in [-0.3, -0.25) is 4.79 Å². The summed E-state index contributed by atoms with van der Waals surface area (Å²) in [5.41, 5.74) is 0.0237. The Morgan fingerprint density at radius 2 is 2.00 bits per heavy atom. The summed E-state index contributed by atoms with van der Waals surface area (Å²) in [6.45, 7) is 3.48. The van der Waals surface area contributed by atoms with Crippen LogP contribution < -0.4 is 5.32 Å². The number of hydrogen-bond donors (Lipinski definition) is 2. The summed E-state index contributed by atoms with van der Waals surface area (Å²) < 4.78 is 13.3. The Kier molecular flexibility index (Phi) is 5.38.